The summed E-state index contributed by atoms with van der Waals surface area (Å²) in [4.78, 5) is 17.8. The average Bonchev–Trinajstić information content (AvgIpc) is 3.54. The molecule has 34 heavy (non-hydrogen) atoms. The number of benzene rings is 1. The Hall–Kier alpha value is -2.99. The van der Waals surface area contributed by atoms with E-state index in [1.54, 1.807) is 20.8 Å². The first-order valence-electron chi connectivity index (χ1n) is 11.2. The summed E-state index contributed by atoms with van der Waals surface area (Å²) in [6, 6.07) is 1.83. The minimum absolute atomic E-state index is 0.0340. The van der Waals surface area contributed by atoms with Crippen LogP contribution in [0.25, 0.3) is 0 Å². The zero-order chi connectivity index (χ0) is 24.7. The normalized spacial score (nSPS) is 21.6. The lowest BCUT2D eigenvalue weighted by Gasteiger charge is -2.30. The van der Waals surface area contributed by atoms with E-state index in [2.05, 4.69) is 25.7 Å². The summed E-state index contributed by atoms with van der Waals surface area (Å²) >= 11 is 0. The number of carbonyl (C=O) groups excluding carboxylic acids is 1. The van der Waals surface area contributed by atoms with Crippen LogP contribution in [0.4, 0.5) is 14.5 Å². The molecule has 3 aliphatic rings. The molecule has 1 atom stereocenters. The molecule has 4 rings (SSSR count). The number of fused-ring (bicyclic) bond motifs is 1. The number of ketones is 1. The van der Waals surface area contributed by atoms with Crippen molar-refractivity contribution >= 4 is 28.0 Å². The zero-order valence-electron chi connectivity index (χ0n) is 19.2. The Labute approximate surface area is 197 Å². The third-order valence-corrected chi connectivity index (χ3v) is 7.82. The first-order valence-corrected chi connectivity index (χ1v) is 12.6. The number of halogens is 2. The molecular weight excluding hydrogens is 466 g/mol. The molecule has 2 heterocycles. The molecule has 1 unspecified atom stereocenters. The second-order valence-electron chi connectivity index (χ2n) is 8.56. The monoisotopic (exact) mass is 494 g/mol. The van der Waals surface area contributed by atoms with E-state index in [9.17, 15) is 17.6 Å². The Morgan fingerprint density at radius 3 is 2.62 bits per heavy atom. The molecule has 1 saturated carbocycles. The van der Waals surface area contributed by atoms with Crippen LogP contribution in [0.3, 0.4) is 0 Å². The standard InChI is InChI=1S/C22H28F2N6O3S/c1-4-30(5-2)34(32,33)29-16-9-8-15(23)17(19(16)24)20(31)14-11-27-22(3)18(14)21(26-12-28-22)25-10-13-6-7-13/h8-9,11-13,25,27,29H,4-7,10H2,1-3H3,(H,26,28). The van der Waals surface area contributed by atoms with Gasteiger partial charge in [-0.2, -0.15) is 12.7 Å². The van der Waals surface area contributed by atoms with E-state index in [1.807, 2.05) is 0 Å². The Bertz CT molecular complexity index is 1210. The lowest BCUT2D eigenvalue weighted by Crippen LogP contribution is -2.44. The summed E-state index contributed by atoms with van der Waals surface area (Å²) in [6.07, 6.45) is 5.12. The number of aliphatic imine (C=N–C) groups is 1. The topological polar surface area (TPSA) is 115 Å². The second-order valence-corrected chi connectivity index (χ2v) is 10.2. The highest BCUT2D eigenvalue weighted by molar-refractivity contribution is 7.90. The lowest BCUT2D eigenvalue weighted by atomic mass is 9.91. The van der Waals surface area contributed by atoms with Crippen LogP contribution in [-0.2, 0) is 10.2 Å². The fourth-order valence-corrected chi connectivity index (χ4v) is 5.27. The number of Topliss-reactive ketones (excluding diaryl/α,β-unsaturated/α-hetero) is 1. The van der Waals surface area contributed by atoms with E-state index in [-0.39, 0.29) is 18.7 Å². The summed E-state index contributed by atoms with van der Waals surface area (Å²) in [5.41, 5.74) is -1.87. The summed E-state index contributed by atoms with van der Waals surface area (Å²) in [5, 5.41) is 9.27. The number of rotatable bonds is 10. The predicted octanol–water partition coefficient (Wildman–Crippen LogP) is 2.19. The SMILES string of the molecule is CCN(CC)S(=O)(=O)Nc1ccc(F)c(C(=O)C2=CNC3(C)N=CNC(NCC4CC4)=C23)c1F. The van der Waals surface area contributed by atoms with E-state index in [1.165, 1.54) is 12.5 Å². The van der Waals surface area contributed by atoms with Gasteiger partial charge in [-0.1, -0.05) is 13.8 Å². The molecule has 0 spiro atoms. The molecular formula is C22H28F2N6O3S. The van der Waals surface area contributed by atoms with Crippen molar-refractivity contribution in [2.75, 3.05) is 24.4 Å². The number of anilines is 1. The molecule has 0 radical (unpaired) electrons. The van der Waals surface area contributed by atoms with Crippen LogP contribution in [-0.4, -0.2) is 50.1 Å². The highest BCUT2D eigenvalue weighted by atomic mass is 32.2. The van der Waals surface area contributed by atoms with E-state index in [0.717, 1.165) is 29.3 Å². The molecule has 2 aliphatic heterocycles. The van der Waals surface area contributed by atoms with Crippen molar-refractivity contribution in [2.24, 2.45) is 10.9 Å². The van der Waals surface area contributed by atoms with Gasteiger partial charge in [0.05, 0.1) is 23.2 Å². The third-order valence-electron chi connectivity index (χ3n) is 6.15. The van der Waals surface area contributed by atoms with Crippen LogP contribution in [0.5, 0.6) is 0 Å². The van der Waals surface area contributed by atoms with Gasteiger partial charge in [0.25, 0.3) is 0 Å². The van der Waals surface area contributed by atoms with Crippen molar-refractivity contribution in [1.29, 1.82) is 0 Å². The number of hydrogen-bond donors (Lipinski definition) is 4. The zero-order valence-corrected chi connectivity index (χ0v) is 20.0. The Kier molecular flexibility index (Phi) is 6.38. The van der Waals surface area contributed by atoms with Gasteiger partial charge in [0.1, 0.15) is 11.6 Å². The third kappa shape index (κ3) is 4.39. The van der Waals surface area contributed by atoms with Crippen molar-refractivity contribution in [2.45, 2.75) is 39.3 Å². The van der Waals surface area contributed by atoms with Gasteiger partial charge < -0.3 is 16.0 Å². The average molecular weight is 495 g/mol. The Morgan fingerprint density at radius 1 is 1.26 bits per heavy atom. The minimum Gasteiger partial charge on any atom is -0.371 e. The fourth-order valence-electron chi connectivity index (χ4n) is 4.03. The van der Waals surface area contributed by atoms with Crippen molar-refractivity contribution in [3.05, 3.63) is 52.5 Å². The van der Waals surface area contributed by atoms with Gasteiger partial charge in [0.2, 0.25) is 5.78 Å². The van der Waals surface area contributed by atoms with E-state index >= 15 is 4.39 Å². The van der Waals surface area contributed by atoms with Gasteiger partial charge in [0, 0.05) is 31.4 Å². The number of hydrogen-bond acceptors (Lipinski definition) is 7. The molecule has 0 amide bonds. The lowest BCUT2D eigenvalue weighted by molar-refractivity contribution is 0.102. The van der Waals surface area contributed by atoms with E-state index in [4.69, 9.17) is 0 Å². The molecule has 4 N–H and O–H groups in total. The van der Waals surface area contributed by atoms with Crippen LogP contribution < -0.4 is 20.7 Å². The van der Waals surface area contributed by atoms with Crippen LogP contribution in [0.1, 0.15) is 44.0 Å². The molecule has 0 aromatic heterocycles. The Balaban J connectivity index is 1.69. The maximum absolute atomic E-state index is 15.4. The number of nitrogens with one attached hydrogen (secondary N) is 4. The minimum atomic E-state index is -4.09. The molecule has 1 fully saturated rings. The summed E-state index contributed by atoms with van der Waals surface area (Å²) in [5.74, 6) is -2.22. The maximum atomic E-state index is 15.4. The highest BCUT2D eigenvalue weighted by Crippen LogP contribution is 2.37. The molecule has 1 aromatic rings. The first kappa shape index (κ1) is 24.1. The largest absolute Gasteiger partial charge is 0.371 e. The highest BCUT2D eigenvalue weighted by Gasteiger charge is 2.43. The van der Waals surface area contributed by atoms with Crippen molar-refractivity contribution < 1.29 is 22.0 Å². The van der Waals surface area contributed by atoms with Crippen molar-refractivity contribution in [3.63, 3.8) is 0 Å². The number of nitrogens with zero attached hydrogens (tertiary/aromatic N) is 2. The van der Waals surface area contributed by atoms with E-state index in [0.29, 0.717) is 23.9 Å². The van der Waals surface area contributed by atoms with Crippen LogP contribution in [0, 0.1) is 17.6 Å². The van der Waals surface area contributed by atoms with Crippen molar-refractivity contribution in [3.8, 4) is 0 Å². The smallest absolute Gasteiger partial charge is 0.301 e. The summed E-state index contributed by atoms with van der Waals surface area (Å²) < 4.78 is 58.5. The summed E-state index contributed by atoms with van der Waals surface area (Å²) in [6.45, 7) is 6.04. The number of carbonyl (C=O) groups is 1. The molecule has 9 nitrogen and oxygen atoms in total. The van der Waals surface area contributed by atoms with Gasteiger partial charge in [-0.25, -0.2) is 13.8 Å². The van der Waals surface area contributed by atoms with Gasteiger partial charge >= 0.3 is 10.2 Å². The quantitative estimate of drug-likeness (QED) is 0.371. The van der Waals surface area contributed by atoms with Crippen LogP contribution in [0.15, 0.2) is 40.3 Å². The summed E-state index contributed by atoms with van der Waals surface area (Å²) in [7, 11) is -4.09. The molecule has 184 valence electrons. The molecule has 0 saturated heterocycles. The van der Waals surface area contributed by atoms with Crippen LogP contribution in [0.2, 0.25) is 0 Å². The van der Waals surface area contributed by atoms with E-state index < -0.39 is 44.5 Å². The van der Waals surface area contributed by atoms with Crippen molar-refractivity contribution in [1.82, 2.24) is 20.3 Å². The first-order chi connectivity index (χ1) is 16.1. The van der Waals surface area contributed by atoms with Gasteiger partial charge in [0.15, 0.2) is 11.5 Å². The Morgan fingerprint density at radius 2 is 1.97 bits per heavy atom. The second kappa shape index (κ2) is 8.99. The molecule has 0 bridgehead atoms. The molecule has 1 aromatic carbocycles. The molecule has 1 aliphatic carbocycles. The van der Waals surface area contributed by atoms with Gasteiger partial charge in [-0.15, -0.1) is 0 Å². The van der Waals surface area contributed by atoms with Gasteiger partial charge in [-0.3, -0.25) is 9.52 Å². The van der Waals surface area contributed by atoms with Crippen LogP contribution >= 0.6 is 0 Å². The molecule has 12 heteroatoms. The fraction of sp³-hybridized carbons (Fsp3) is 0.455. The predicted molar refractivity (Wildman–Crippen MR) is 125 cm³/mol. The maximum Gasteiger partial charge on any atom is 0.301 e. The van der Waals surface area contributed by atoms with Gasteiger partial charge in [-0.05, 0) is 37.8 Å².